The molecule has 0 fully saturated rings. The van der Waals surface area contributed by atoms with Crippen LogP contribution in [-0.2, 0) is 14.3 Å². The average molecular weight is 124 g/mol. The number of carbonyl (C=O) groups is 2. The summed E-state index contributed by atoms with van der Waals surface area (Å²) in [5, 5.41) is 0. The fourth-order valence-electron chi connectivity index (χ4n) is 0.303. The highest BCUT2D eigenvalue weighted by atomic mass is 24.3. The van der Waals surface area contributed by atoms with Gasteiger partial charge in [0.05, 0.1) is 0 Å². The fourth-order valence-corrected chi connectivity index (χ4v) is 0.303. The molecule has 1 aliphatic rings. The van der Waals surface area contributed by atoms with Crippen LogP contribution >= 0.6 is 0 Å². The fraction of sp³-hybridized carbons (Fsp3) is 0. The lowest BCUT2D eigenvalue weighted by Gasteiger charge is -1.80. The molecule has 1 aliphatic heterocycles. The number of carbonyl (C=O) groups excluding carboxylic acids is 2. The number of hydrogen-bond donors (Lipinski definition) is 0. The van der Waals surface area contributed by atoms with Crippen molar-refractivity contribution in [3.05, 3.63) is 12.2 Å². The third kappa shape index (κ3) is 1.63. The van der Waals surface area contributed by atoms with Gasteiger partial charge in [-0.15, -0.1) is 0 Å². The van der Waals surface area contributed by atoms with Gasteiger partial charge in [-0.05, 0) is 0 Å². The highest BCUT2D eigenvalue weighted by Gasteiger charge is 2.10. The van der Waals surface area contributed by atoms with E-state index in [1.165, 1.54) is 0 Å². The number of rotatable bonds is 0. The number of esters is 2. The van der Waals surface area contributed by atoms with E-state index in [-0.39, 0.29) is 23.1 Å². The van der Waals surface area contributed by atoms with Gasteiger partial charge in [-0.3, -0.25) is 0 Å². The molecule has 0 aromatic carbocycles. The van der Waals surface area contributed by atoms with E-state index >= 15 is 0 Å². The molecule has 0 aromatic heterocycles. The minimum atomic E-state index is -0.579. The summed E-state index contributed by atoms with van der Waals surface area (Å²) in [5.74, 6) is -1.16. The lowest BCUT2D eigenvalue weighted by atomic mass is 10.6. The molecular formula is C4H4MgO3. The molecule has 1 heterocycles. The summed E-state index contributed by atoms with van der Waals surface area (Å²) in [5.41, 5.74) is 0. The van der Waals surface area contributed by atoms with Gasteiger partial charge in [0.2, 0.25) is 0 Å². The summed E-state index contributed by atoms with van der Waals surface area (Å²) >= 11 is 0. The van der Waals surface area contributed by atoms with Gasteiger partial charge in [0.15, 0.2) is 0 Å². The largest absolute Gasteiger partial charge is 0.387 e. The molecule has 0 unspecified atom stereocenters. The Balaban J connectivity index is 0.000000490. The van der Waals surface area contributed by atoms with E-state index < -0.39 is 11.9 Å². The van der Waals surface area contributed by atoms with Crippen molar-refractivity contribution in [1.29, 1.82) is 0 Å². The van der Waals surface area contributed by atoms with E-state index in [2.05, 4.69) is 4.74 Å². The van der Waals surface area contributed by atoms with Crippen molar-refractivity contribution in [2.24, 2.45) is 0 Å². The van der Waals surface area contributed by atoms with Crippen LogP contribution in [-0.4, -0.2) is 35.0 Å². The predicted molar refractivity (Wildman–Crippen MR) is 28.8 cm³/mol. The maximum Gasteiger partial charge on any atom is 0.338 e. The Morgan fingerprint density at radius 3 is 1.62 bits per heavy atom. The van der Waals surface area contributed by atoms with Crippen molar-refractivity contribution >= 4 is 35.0 Å². The van der Waals surface area contributed by atoms with E-state index in [4.69, 9.17) is 0 Å². The minimum absolute atomic E-state index is 0. The van der Waals surface area contributed by atoms with Gasteiger partial charge in [-0.25, -0.2) is 9.59 Å². The van der Waals surface area contributed by atoms with Crippen molar-refractivity contribution in [1.82, 2.24) is 0 Å². The molecule has 0 radical (unpaired) electrons. The van der Waals surface area contributed by atoms with Crippen LogP contribution in [0.15, 0.2) is 12.2 Å². The van der Waals surface area contributed by atoms with Gasteiger partial charge in [0.25, 0.3) is 0 Å². The van der Waals surface area contributed by atoms with Crippen molar-refractivity contribution < 1.29 is 14.3 Å². The number of hydrogen-bond acceptors (Lipinski definition) is 3. The minimum Gasteiger partial charge on any atom is -0.387 e. The Morgan fingerprint density at radius 1 is 1.12 bits per heavy atom. The Kier molecular flexibility index (Phi) is 2.71. The van der Waals surface area contributed by atoms with Gasteiger partial charge >= 0.3 is 35.0 Å². The topological polar surface area (TPSA) is 43.4 Å². The van der Waals surface area contributed by atoms with E-state index in [1.54, 1.807) is 0 Å². The van der Waals surface area contributed by atoms with Crippen molar-refractivity contribution in [2.45, 2.75) is 0 Å². The Hall–Kier alpha value is -0.354. The Morgan fingerprint density at radius 2 is 1.50 bits per heavy atom. The first-order valence-electron chi connectivity index (χ1n) is 1.73. The lowest BCUT2D eigenvalue weighted by Crippen LogP contribution is -1.96. The maximum atomic E-state index is 9.92. The maximum absolute atomic E-state index is 9.92. The highest BCUT2D eigenvalue weighted by molar-refractivity contribution is 6.04. The van der Waals surface area contributed by atoms with Crippen molar-refractivity contribution in [3.8, 4) is 0 Å². The SMILES string of the molecule is O=C1C=CC(=O)O1.[MgH2]. The number of ether oxygens (including phenoxy) is 1. The molecule has 0 spiro atoms. The molecule has 3 nitrogen and oxygen atoms in total. The molecule has 8 heavy (non-hydrogen) atoms. The molecule has 0 atom stereocenters. The molecule has 0 N–H and O–H groups in total. The molecule has 0 aromatic rings. The summed E-state index contributed by atoms with van der Waals surface area (Å²) in [6, 6.07) is 0. The van der Waals surface area contributed by atoms with Crippen LogP contribution < -0.4 is 0 Å². The van der Waals surface area contributed by atoms with Crippen molar-refractivity contribution in [3.63, 3.8) is 0 Å². The molecule has 4 heteroatoms. The van der Waals surface area contributed by atoms with E-state index in [1.807, 2.05) is 0 Å². The zero-order valence-electron chi connectivity index (χ0n) is 3.38. The van der Waals surface area contributed by atoms with Gasteiger partial charge in [-0.2, -0.15) is 0 Å². The van der Waals surface area contributed by atoms with Gasteiger partial charge in [-0.1, -0.05) is 0 Å². The normalized spacial score (nSPS) is 15.5. The zero-order valence-corrected chi connectivity index (χ0v) is 3.38. The zero-order chi connectivity index (χ0) is 5.28. The second-order valence-corrected chi connectivity index (χ2v) is 1.07. The summed E-state index contributed by atoms with van der Waals surface area (Å²) in [6.45, 7) is 0. The molecule has 0 saturated heterocycles. The van der Waals surface area contributed by atoms with Gasteiger partial charge in [0, 0.05) is 12.2 Å². The van der Waals surface area contributed by atoms with E-state index in [9.17, 15) is 9.59 Å². The van der Waals surface area contributed by atoms with Crippen LogP contribution in [0.25, 0.3) is 0 Å². The molecule has 0 saturated carbocycles. The molecule has 0 aliphatic carbocycles. The third-order valence-electron chi connectivity index (χ3n) is 0.557. The molecule has 0 bridgehead atoms. The summed E-state index contributed by atoms with van der Waals surface area (Å²) in [6.07, 6.45) is 2.17. The summed E-state index contributed by atoms with van der Waals surface area (Å²) in [7, 11) is 0. The first-order valence-corrected chi connectivity index (χ1v) is 1.73. The number of cyclic esters (lactones) is 2. The van der Waals surface area contributed by atoms with Crippen LogP contribution in [0.4, 0.5) is 0 Å². The Labute approximate surface area is 61.8 Å². The monoisotopic (exact) mass is 124 g/mol. The standard InChI is InChI=1S/C4H2O3.Mg.2H/c5-3-1-2-4(6)7-3;;;/h1-2H;;;. The molecule has 40 valence electrons. The van der Waals surface area contributed by atoms with Crippen LogP contribution in [0.1, 0.15) is 0 Å². The second kappa shape index (κ2) is 2.83. The lowest BCUT2D eigenvalue weighted by molar-refractivity contribution is -0.150. The van der Waals surface area contributed by atoms with Gasteiger partial charge in [0.1, 0.15) is 0 Å². The molecule has 1 rings (SSSR count). The quantitative estimate of drug-likeness (QED) is 0.229. The van der Waals surface area contributed by atoms with Crippen LogP contribution in [0.3, 0.4) is 0 Å². The smallest absolute Gasteiger partial charge is 0.338 e. The van der Waals surface area contributed by atoms with E-state index in [0.717, 1.165) is 12.2 Å². The first-order chi connectivity index (χ1) is 3.29. The molecule has 0 amide bonds. The third-order valence-corrected chi connectivity index (χ3v) is 0.557. The Bertz CT molecular complexity index is 133. The van der Waals surface area contributed by atoms with Crippen molar-refractivity contribution in [2.75, 3.05) is 0 Å². The van der Waals surface area contributed by atoms with Crippen LogP contribution in [0.2, 0.25) is 0 Å². The summed E-state index contributed by atoms with van der Waals surface area (Å²) < 4.78 is 3.97. The average Bonchev–Trinajstić information content (AvgIpc) is 1.87. The predicted octanol–water partition coefficient (Wildman–Crippen LogP) is -1.29. The van der Waals surface area contributed by atoms with E-state index in [0.29, 0.717) is 0 Å². The second-order valence-electron chi connectivity index (χ2n) is 1.07. The van der Waals surface area contributed by atoms with Crippen LogP contribution in [0, 0.1) is 0 Å². The highest BCUT2D eigenvalue weighted by Crippen LogP contribution is 1.92. The van der Waals surface area contributed by atoms with Gasteiger partial charge < -0.3 is 4.74 Å². The summed E-state index contributed by atoms with van der Waals surface area (Å²) in [4.78, 5) is 19.8. The first kappa shape index (κ1) is 7.65. The molecular weight excluding hydrogens is 120 g/mol. The van der Waals surface area contributed by atoms with Crippen LogP contribution in [0.5, 0.6) is 0 Å².